The second kappa shape index (κ2) is 7.92. The molecular formula is C20H21F2N5O. The summed E-state index contributed by atoms with van der Waals surface area (Å²) in [4.78, 5) is 26.3. The van der Waals surface area contributed by atoms with Crippen LogP contribution in [0.4, 0.5) is 20.3 Å². The standard InChI is InChI=1S/C20H21F2N5O/c21-14-3-4-18(17(22)9-14)24-10-15(28)8-13-2-1-7-27(11-13)20-16-5-6-23-19(16)25-12-26-20/h3-6,9,12-13,24H,1-2,7-8,10-11H2,(H,23,25,26). The van der Waals surface area contributed by atoms with Crippen LogP contribution in [0.3, 0.4) is 0 Å². The number of nitrogens with one attached hydrogen (secondary N) is 2. The van der Waals surface area contributed by atoms with Crippen molar-refractivity contribution in [3.8, 4) is 0 Å². The van der Waals surface area contributed by atoms with Crippen molar-refractivity contribution < 1.29 is 13.6 Å². The maximum Gasteiger partial charge on any atom is 0.152 e. The van der Waals surface area contributed by atoms with E-state index in [1.165, 1.54) is 12.1 Å². The van der Waals surface area contributed by atoms with Crippen molar-refractivity contribution in [2.75, 3.05) is 29.9 Å². The maximum atomic E-state index is 13.7. The first-order valence-corrected chi connectivity index (χ1v) is 9.34. The van der Waals surface area contributed by atoms with Crippen LogP contribution in [0.15, 0.2) is 36.8 Å². The number of ketones is 1. The molecule has 8 heteroatoms. The quantitative estimate of drug-likeness (QED) is 0.679. The number of hydrogen-bond acceptors (Lipinski definition) is 5. The molecule has 146 valence electrons. The summed E-state index contributed by atoms with van der Waals surface area (Å²) >= 11 is 0. The highest BCUT2D eigenvalue weighted by Gasteiger charge is 2.24. The van der Waals surface area contributed by atoms with Crippen molar-refractivity contribution in [2.45, 2.75) is 19.3 Å². The molecule has 1 aliphatic rings. The van der Waals surface area contributed by atoms with Crippen molar-refractivity contribution in [2.24, 2.45) is 5.92 Å². The first kappa shape index (κ1) is 18.3. The second-order valence-corrected chi connectivity index (χ2v) is 7.11. The summed E-state index contributed by atoms with van der Waals surface area (Å²) in [6.07, 6.45) is 5.74. The van der Waals surface area contributed by atoms with Gasteiger partial charge in [0.2, 0.25) is 0 Å². The number of rotatable bonds is 6. The fourth-order valence-corrected chi connectivity index (χ4v) is 3.76. The molecule has 1 aromatic carbocycles. The smallest absolute Gasteiger partial charge is 0.152 e. The van der Waals surface area contributed by atoms with Gasteiger partial charge in [-0.2, -0.15) is 0 Å². The van der Waals surface area contributed by atoms with E-state index in [9.17, 15) is 13.6 Å². The lowest BCUT2D eigenvalue weighted by molar-refractivity contribution is -0.118. The molecule has 0 aliphatic carbocycles. The molecule has 1 unspecified atom stereocenters. The normalized spacial score (nSPS) is 17.1. The number of nitrogens with zero attached hydrogens (tertiary/aromatic N) is 3. The largest absolute Gasteiger partial charge is 0.376 e. The van der Waals surface area contributed by atoms with E-state index in [4.69, 9.17) is 0 Å². The first-order chi connectivity index (χ1) is 13.6. The third-order valence-electron chi connectivity index (χ3n) is 5.07. The van der Waals surface area contributed by atoms with Gasteiger partial charge >= 0.3 is 0 Å². The van der Waals surface area contributed by atoms with Gasteiger partial charge in [0.15, 0.2) is 5.78 Å². The van der Waals surface area contributed by atoms with Gasteiger partial charge in [-0.3, -0.25) is 4.79 Å². The molecule has 6 nitrogen and oxygen atoms in total. The Bertz CT molecular complexity index is 990. The molecule has 4 rings (SSSR count). The van der Waals surface area contributed by atoms with E-state index in [1.807, 2.05) is 12.3 Å². The van der Waals surface area contributed by atoms with Gasteiger partial charge in [-0.05, 0) is 37.0 Å². The predicted octanol–water partition coefficient (Wildman–Crippen LogP) is 3.52. The summed E-state index contributed by atoms with van der Waals surface area (Å²) in [5, 5.41) is 3.74. The van der Waals surface area contributed by atoms with Crippen molar-refractivity contribution in [1.29, 1.82) is 0 Å². The zero-order valence-corrected chi connectivity index (χ0v) is 15.3. The summed E-state index contributed by atoms with van der Waals surface area (Å²) in [6, 6.07) is 5.23. The number of H-pyrrole nitrogens is 1. The lowest BCUT2D eigenvalue weighted by Crippen LogP contribution is -2.37. The summed E-state index contributed by atoms with van der Waals surface area (Å²) in [5.41, 5.74) is 0.935. The third-order valence-corrected chi connectivity index (χ3v) is 5.07. The molecule has 0 spiro atoms. The van der Waals surface area contributed by atoms with Crippen LogP contribution in [0.5, 0.6) is 0 Å². The number of piperidine rings is 1. The number of carbonyl (C=O) groups excluding carboxylic acids is 1. The van der Waals surface area contributed by atoms with Crippen LogP contribution in [0.25, 0.3) is 11.0 Å². The molecule has 1 fully saturated rings. The molecule has 0 saturated carbocycles. The molecule has 0 bridgehead atoms. The number of benzene rings is 1. The van der Waals surface area contributed by atoms with Crippen LogP contribution in [-0.4, -0.2) is 40.4 Å². The monoisotopic (exact) mass is 385 g/mol. The Kier molecular flexibility index (Phi) is 5.18. The van der Waals surface area contributed by atoms with Crippen LogP contribution in [0.1, 0.15) is 19.3 Å². The average Bonchev–Trinajstić information content (AvgIpc) is 3.16. The molecule has 28 heavy (non-hydrogen) atoms. The number of anilines is 2. The zero-order valence-electron chi connectivity index (χ0n) is 15.3. The highest BCUT2D eigenvalue weighted by molar-refractivity contribution is 5.87. The molecular weight excluding hydrogens is 364 g/mol. The molecule has 1 aliphatic heterocycles. The second-order valence-electron chi connectivity index (χ2n) is 7.11. The third kappa shape index (κ3) is 3.95. The SMILES string of the molecule is O=C(CNc1ccc(F)cc1F)CC1CCCN(c2ncnc3[nH]ccc23)C1. The van der Waals surface area contributed by atoms with Gasteiger partial charge in [-0.1, -0.05) is 0 Å². The van der Waals surface area contributed by atoms with Crippen molar-refractivity contribution in [1.82, 2.24) is 15.0 Å². The lowest BCUT2D eigenvalue weighted by Gasteiger charge is -2.33. The van der Waals surface area contributed by atoms with E-state index in [1.54, 1.807) is 6.33 Å². The number of hydrogen-bond donors (Lipinski definition) is 2. The summed E-state index contributed by atoms with van der Waals surface area (Å²) in [7, 11) is 0. The molecule has 3 heterocycles. The zero-order chi connectivity index (χ0) is 19.5. The molecule has 0 radical (unpaired) electrons. The Balaban J connectivity index is 1.36. The summed E-state index contributed by atoms with van der Waals surface area (Å²) in [6.45, 7) is 1.66. The Morgan fingerprint density at radius 2 is 2.18 bits per heavy atom. The van der Waals surface area contributed by atoms with Crippen LogP contribution in [-0.2, 0) is 4.79 Å². The van der Waals surface area contributed by atoms with Gasteiger partial charge in [0.25, 0.3) is 0 Å². The fourth-order valence-electron chi connectivity index (χ4n) is 3.76. The molecule has 2 N–H and O–H groups in total. The van der Waals surface area contributed by atoms with E-state index >= 15 is 0 Å². The van der Waals surface area contributed by atoms with E-state index in [-0.39, 0.29) is 23.9 Å². The highest BCUT2D eigenvalue weighted by Crippen LogP contribution is 2.28. The van der Waals surface area contributed by atoms with E-state index in [0.29, 0.717) is 6.42 Å². The Labute approximate surface area is 161 Å². The molecule has 2 aromatic heterocycles. The summed E-state index contributed by atoms with van der Waals surface area (Å²) in [5.74, 6) is -0.237. The minimum Gasteiger partial charge on any atom is -0.376 e. The van der Waals surface area contributed by atoms with E-state index in [2.05, 4.69) is 25.2 Å². The van der Waals surface area contributed by atoms with Gasteiger partial charge in [-0.15, -0.1) is 0 Å². The van der Waals surface area contributed by atoms with Crippen molar-refractivity contribution >= 4 is 28.3 Å². The minimum absolute atomic E-state index is 0.00468. The van der Waals surface area contributed by atoms with Crippen LogP contribution in [0.2, 0.25) is 0 Å². The van der Waals surface area contributed by atoms with Crippen LogP contribution >= 0.6 is 0 Å². The van der Waals surface area contributed by atoms with Gasteiger partial charge in [0.05, 0.1) is 17.6 Å². The van der Waals surface area contributed by atoms with Crippen LogP contribution in [0, 0.1) is 17.6 Å². The number of Topliss-reactive ketones (excluding diaryl/α,β-unsaturated/α-hetero) is 1. The fraction of sp³-hybridized carbons (Fsp3) is 0.350. The topological polar surface area (TPSA) is 73.9 Å². The average molecular weight is 385 g/mol. The number of halogens is 2. The minimum atomic E-state index is -0.698. The number of aromatic amines is 1. The number of aromatic nitrogens is 3. The molecule has 0 amide bonds. The van der Waals surface area contributed by atoms with Gasteiger partial charge in [0, 0.05) is 31.8 Å². The van der Waals surface area contributed by atoms with Crippen LogP contribution < -0.4 is 10.2 Å². The molecule has 3 aromatic rings. The molecule has 1 atom stereocenters. The number of carbonyl (C=O) groups is 1. The Hall–Kier alpha value is -3.03. The molecule has 1 saturated heterocycles. The first-order valence-electron chi connectivity index (χ1n) is 9.34. The maximum absolute atomic E-state index is 13.7. The van der Waals surface area contributed by atoms with Gasteiger partial charge in [-0.25, -0.2) is 18.7 Å². The predicted molar refractivity (Wildman–Crippen MR) is 103 cm³/mol. The Morgan fingerprint density at radius 3 is 3.04 bits per heavy atom. The highest BCUT2D eigenvalue weighted by atomic mass is 19.1. The number of fused-ring (bicyclic) bond motifs is 1. The van der Waals surface area contributed by atoms with Crippen molar-refractivity contribution in [3.05, 3.63) is 48.4 Å². The summed E-state index contributed by atoms with van der Waals surface area (Å²) < 4.78 is 26.6. The Morgan fingerprint density at radius 1 is 1.29 bits per heavy atom. The lowest BCUT2D eigenvalue weighted by atomic mass is 9.92. The van der Waals surface area contributed by atoms with Gasteiger partial charge in [0.1, 0.15) is 29.4 Å². The van der Waals surface area contributed by atoms with Gasteiger partial charge < -0.3 is 15.2 Å². The van der Waals surface area contributed by atoms with E-state index < -0.39 is 11.6 Å². The van der Waals surface area contributed by atoms with Crippen molar-refractivity contribution in [3.63, 3.8) is 0 Å². The van der Waals surface area contributed by atoms with E-state index in [0.717, 1.165) is 48.8 Å².